The minimum absolute atomic E-state index is 0.520. The van der Waals surface area contributed by atoms with Crippen LogP contribution in [-0.2, 0) is 13.9 Å². The van der Waals surface area contributed by atoms with E-state index in [1.807, 2.05) is 6.07 Å². The Labute approximate surface area is 106 Å². The van der Waals surface area contributed by atoms with Crippen LogP contribution in [0.5, 0.6) is 0 Å². The molecule has 0 aromatic heterocycles. The van der Waals surface area contributed by atoms with E-state index >= 15 is 0 Å². The molecule has 1 aromatic rings. The quantitative estimate of drug-likeness (QED) is 0.458. The van der Waals surface area contributed by atoms with Crippen molar-refractivity contribution in [1.82, 2.24) is 0 Å². The predicted molar refractivity (Wildman–Crippen MR) is 72.5 cm³/mol. The molecule has 96 valence electrons. The Balaban J connectivity index is 1.85. The zero-order chi connectivity index (χ0) is 12.2. The molecule has 0 unspecified atom stereocenters. The van der Waals surface area contributed by atoms with Gasteiger partial charge in [0.1, 0.15) is 0 Å². The van der Waals surface area contributed by atoms with Crippen LogP contribution in [0.4, 0.5) is 0 Å². The second-order valence-corrected chi connectivity index (χ2v) is 5.36. The van der Waals surface area contributed by atoms with E-state index < -0.39 is 9.76 Å². The molecular formula is C13H22O3Si. The molecule has 17 heavy (non-hydrogen) atoms. The minimum Gasteiger partial charge on any atom is -0.419 e. The third-order valence-corrected chi connectivity index (χ3v) is 3.67. The molecule has 4 heteroatoms. The van der Waals surface area contributed by atoms with Gasteiger partial charge in [0.05, 0.1) is 13.2 Å². The highest BCUT2D eigenvalue weighted by Gasteiger charge is 1.94. The first-order valence-electron chi connectivity index (χ1n) is 6.12. The van der Waals surface area contributed by atoms with Gasteiger partial charge in [-0.05, 0) is 18.0 Å². The molecule has 0 amide bonds. The van der Waals surface area contributed by atoms with Crippen molar-refractivity contribution in [3.05, 3.63) is 30.3 Å². The Hall–Kier alpha value is -0.683. The van der Waals surface area contributed by atoms with Crippen molar-refractivity contribution in [2.24, 2.45) is 0 Å². The number of benzene rings is 1. The zero-order valence-electron chi connectivity index (χ0n) is 10.6. The van der Waals surface area contributed by atoms with Crippen molar-refractivity contribution < 1.29 is 13.9 Å². The number of methoxy groups -OCH3 is 1. The molecular weight excluding hydrogens is 232 g/mol. The van der Waals surface area contributed by atoms with Gasteiger partial charge in [-0.1, -0.05) is 30.3 Å². The molecule has 0 fully saturated rings. The second-order valence-electron chi connectivity index (χ2n) is 3.85. The largest absolute Gasteiger partial charge is 0.419 e. The summed E-state index contributed by atoms with van der Waals surface area (Å²) < 4.78 is 16.0. The zero-order valence-corrected chi connectivity index (χ0v) is 12.0. The van der Waals surface area contributed by atoms with Crippen molar-refractivity contribution in [3.63, 3.8) is 0 Å². The number of hydrogen-bond donors (Lipinski definition) is 0. The molecule has 0 aliphatic heterocycles. The summed E-state index contributed by atoms with van der Waals surface area (Å²) in [6, 6.07) is 10.4. The van der Waals surface area contributed by atoms with Gasteiger partial charge < -0.3 is 13.9 Å². The highest BCUT2D eigenvalue weighted by molar-refractivity contribution is 6.46. The maximum Gasteiger partial charge on any atom is 0.192 e. The van der Waals surface area contributed by atoms with Crippen LogP contribution in [0.1, 0.15) is 12.8 Å². The van der Waals surface area contributed by atoms with Gasteiger partial charge in [0.2, 0.25) is 0 Å². The Kier molecular flexibility index (Phi) is 8.85. The first-order valence-corrected chi connectivity index (χ1v) is 7.40. The van der Waals surface area contributed by atoms with Crippen LogP contribution in [0.15, 0.2) is 30.3 Å². The van der Waals surface area contributed by atoms with Gasteiger partial charge in [-0.25, -0.2) is 0 Å². The van der Waals surface area contributed by atoms with Crippen LogP contribution >= 0.6 is 0 Å². The van der Waals surface area contributed by atoms with Gasteiger partial charge in [-0.2, -0.15) is 0 Å². The molecule has 0 saturated carbocycles. The van der Waals surface area contributed by atoms with Gasteiger partial charge >= 0.3 is 0 Å². The van der Waals surface area contributed by atoms with Gasteiger partial charge in [0.25, 0.3) is 0 Å². The van der Waals surface area contributed by atoms with E-state index in [1.54, 1.807) is 7.11 Å². The number of ether oxygens (including phenoxy) is 2. The molecule has 0 saturated heterocycles. The number of rotatable bonds is 10. The Morgan fingerprint density at radius 1 is 0.941 bits per heavy atom. The summed E-state index contributed by atoms with van der Waals surface area (Å²) in [4.78, 5) is 0. The molecule has 0 radical (unpaired) electrons. The van der Waals surface area contributed by atoms with E-state index in [0.29, 0.717) is 13.2 Å². The lowest BCUT2D eigenvalue weighted by molar-refractivity contribution is 0.0675. The molecule has 0 atom stereocenters. The van der Waals surface area contributed by atoms with Crippen molar-refractivity contribution in [2.45, 2.75) is 12.8 Å². The third-order valence-electron chi connectivity index (χ3n) is 2.37. The highest BCUT2D eigenvalue weighted by atomic mass is 28.2. The fraction of sp³-hybridized carbons (Fsp3) is 0.538. The normalized spacial score (nSPS) is 11.4. The smallest absolute Gasteiger partial charge is 0.192 e. The first kappa shape index (κ1) is 14.4. The second kappa shape index (κ2) is 10.5. The molecule has 0 bridgehead atoms. The molecule has 1 aromatic carbocycles. The lowest BCUT2D eigenvalue weighted by Gasteiger charge is -2.05. The van der Waals surface area contributed by atoms with Gasteiger partial charge in [-0.15, -0.1) is 0 Å². The average molecular weight is 254 g/mol. The topological polar surface area (TPSA) is 27.7 Å². The summed E-state index contributed by atoms with van der Waals surface area (Å²) in [5.41, 5.74) is 0. The van der Waals surface area contributed by atoms with Gasteiger partial charge in [0.15, 0.2) is 9.76 Å². The van der Waals surface area contributed by atoms with E-state index in [2.05, 4.69) is 24.3 Å². The van der Waals surface area contributed by atoms with Crippen LogP contribution < -0.4 is 5.19 Å². The maximum absolute atomic E-state index is 5.71. The van der Waals surface area contributed by atoms with E-state index in [1.165, 1.54) is 5.19 Å². The van der Waals surface area contributed by atoms with Crippen molar-refractivity contribution >= 4 is 14.9 Å². The summed E-state index contributed by atoms with van der Waals surface area (Å²) in [6.45, 7) is 3.03. The summed E-state index contributed by atoms with van der Waals surface area (Å²) in [6.07, 6.45) is 2.14. The molecule has 1 rings (SSSR count). The predicted octanol–water partition coefficient (Wildman–Crippen LogP) is 0.855. The van der Waals surface area contributed by atoms with Gasteiger partial charge in [-0.3, -0.25) is 0 Å². The van der Waals surface area contributed by atoms with Gasteiger partial charge in [0, 0.05) is 20.3 Å². The van der Waals surface area contributed by atoms with Crippen LogP contribution in [0.2, 0.25) is 0 Å². The summed E-state index contributed by atoms with van der Waals surface area (Å²) in [5.74, 6) is 0. The summed E-state index contributed by atoms with van der Waals surface area (Å²) in [7, 11) is 1.17. The lowest BCUT2D eigenvalue weighted by atomic mass is 10.3. The SMILES string of the molecule is COCCOCCCCO[SiH2]c1ccccc1. The highest BCUT2D eigenvalue weighted by Crippen LogP contribution is 1.91. The third kappa shape index (κ3) is 8.10. The lowest BCUT2D eigenvalue weighted by Crippen LogP contribution is -2.17. The molecule has 0 aliphatic carbocycles. The molecule has 0 aliphatic rings. The fourth-order valence-electron chi connectivity index (χ4n) is 1.42. The van der Waals surface area contributed by atoms with Crippen LogP contribution in [0, 0.1) is 0 Å². The Morgan fingerprint density at radius 2 is 1.71 bits per heavy atom. The summed E-state index contributed by atoms with van der Waals surface area (Å²) in [5, 5.41) is 1.36. The molecule has 0 N–H and O–H groups in total. The number of unbranched alkanes of at least 4 members (excludes halogenated alkanes) is 1. The number of hydrogen-bond acceptors (Lipinski definition) is 3. The standard InChI is InChI=1S/C13H22O3Si/c1-14-11-12-15-9-5-6-10-16-17-13-7-3-2-4-8-13/h2-4,7-8H,5-6,9-12,17H2,1H3. The van der Waals surface area contributed by atoms with Crippen molar-refractivity contribution in [2.75, 3.05) is 33.5 Å². The first-order chi connectivity index (χ1) is 8.43. The Bertz CT molecular complexity index is 267. The van der Waals surface area contributed by atoms with Crippen LogP contribution in [0.25, 0.3) is 0 Å². The Morgan fingerprint density at radius 3 is 2.47 bits per heavy atom. The van der Waals surface area contributed by atoms with Crippen LogP contribution in [0.3, 0.4) is 0 Å². The van der Waals surface area contributed by atoms with E-state index in [0.717, 1.165) is 26.1 Å². The summed E-state index contributed by atoms with van der Waals surface area (Å²) >= 11 is 0. The van der Waals surface area contributed by atoms with Crippen LogP contribution in [-0.4, -0.2) is 43.3 Å². The molecule has 0 spiro atoms. The van der Waals surface area contributed by atoms with E-state index in [-0.39, 0.29) is 0 Å². The maximum atomic E-state index is 5.71. The minimum atomic E-state index is -0.520. The monoisotopic (exact) mass is 254 g/mol. The molecule has 3 nitrogen and oxygen atoms in total. The van der Waals surface area contributed by atoms with Crippen molar-refractivity contribution in [1.29, 1.82) is 0 Å². The fourth-order valence-corrected chi connectivity index (χ4v) is 2.47. The average Bonchev–Trinajstić information content (AvgIpc) is 2.38. The molecule has 0 heterocycles. The van der Waals surface area contributed by atoms with E-state index in [9.17, 15) is 0 Å². The van der Waals surface area contributed by atoms with E-state index in [4.69, 9.17) is 13.9 Å². The van der Waals surface area contributed by atoms with Crippen molar-refractivity contribution in [3.8, 4) is 0 Å².